The maximum absolute atomic E-state index is 12.3. The number of aromatic nitrogens is 5. The van der Waals surface area contributed by atoms with Crippen LogP contribution in [0.15, 0.2) is 41.2 Å². The van der Waals surface area contributed by atoms with Crippen LogP contribution in [0.3, 0.4) is 0 Å². The van der Waals surface area contributed by atoms with Gasteiger partial charge in [-0.2, -0.15) is 10.1 Å². The normalized spacial score (nSPS) is 11.1. The molecule has 1 aromatic carbocycles. The minimum Gasteiger partial charge on any atom is -0.455 e. The van der Waals surface area contributed by atoms with Crippen LogP contribution in [0.1, 0.15) is 22.8 Å². The summed E-state index contributed by atoms with van der Waals surface area (Å²) in [6, 6.07) is 7.20. The number of benzene rings is 1. The van der Waals surface area contributed by atoms with Crippen molar-refractivity contribution in [2.75, 3.05) is 0 Å². The molecule has 28 heavy (non-hydrogen) atoms. The van der Waals surface area contributed by atoms with E-state index < -0.39 is 5.97 Å². The van der Waals surface area contributed by atoms with Crippen LogP contribution in [0.2, 0.25) is 5.02 Å². The van der Waals surface area contributed by atoms with Crippen LogP contribution in [0.5, 0.6) is 0 Å². The fraction of sp³-hybridized carbons (Fsp3) is 0.211. The number of rotatable bonds is 5. The average Bonchev–Trinajstić information content (AvgIpc) is 3.33. The number of ether oxygens (including phenoxy) is 1. The molecule has 8 nitrogen and oxygen atoms in total. The van der Waals surface area contributed by atoms with Crippen LogP contribution in [0.25, 0.3) is 17.1 Å². The van der Waals surface area contributed by atoms with Gasteiger partial charge < -0.3 is 9.15 Å². The number of aryl methyl sites for hydroxylation is 2. The predicted molar refractivity (Wildman–Crippen MR) is 101 cm³/mol. The second kappa shape index (κ2) is 7.40. The molecule has 0 fully saturated rings. The van der Waals surface area contributed by atoms with Crippen molar-refractivity contribution in [2.24, 2.45) is 0 Å². The van der Waals surface area contributed by atoms with E-state index in [-0.39, 0.29) is 13.0 Å². The monoisotopic (exact) mass is 397 g/mol. The molecule has 0 atom stereocenters. The summed E-state index contributed by atoms with van der Waals surface area (Å²) in [6.07, 6.45) is 3.09. The maximum atomic E-state index is 12.3. The Kier molecular flexibility index (Phi) is 4.79. The second-order valence-corrected chi connectivity index (χ2v) is 6.63. The van der Waals surface area contributed by atoms with Crippen molar-refractivity contribution < 1.29 is 13.9 Å². The molecule has 0 bridgehead atoms. The Hall–Kier alpha value is -3.26. The molecule has 4 rings (SSSR count). The molecule has 0 unspecified atom stereocenters. The Balaban J connectivity index is 1.42. The summed E-state index contributed by atoms with van der Waals surface area (Å²) in [5.41, 5.74) is 3.12. The van der Waals surface area contributed by atoms with Crippen LogP contribution in [-0.2, 0) is 22.6 Å². The molecule has 0 aliphatic carbocycles. The predicted octanol–water partition coefficient (Wildman–Crippen LogP) is 3.34. The third-order valence-corrected chi connectivity index (χ3v) is 4.60. The van der Waals surface area contributed by atoms with Crippen molar-refractivity contribution in [3.63, 3.8) is 0 Å². The summed E-state index contributed by atoms with van der Waals surface area (Å²) in [7, 11) is 0. The molecule has 0 N–H and O–H groups in total. The third-order valence-electron chi connectivity index (χ3n) is 4.35. The third kappa shape index (κ3) is 3.59. The van der Waals surface area contributed by atoms with Gasteiger partial charge in [0.2, 0.25) is 5.89 Å². The zero-order chi connectivity index (χ0) is 19.7. The largest absolute Gasteiger partial charge is 0.455 e. The maximum Gasteiger partial charge on any atom is 0.310 e. The van der Waals surface area contributed by atoms with E-state index in [1.54, 1.807) is 22.8 Å². The Morgan fingerprint density at radius 3 is 2.79 bits per heavy atom. The minimum absolute atomic E-state index is 0.0521. The van der Waals surface area contributed by atoms with Crippen molar-refractivity contribution in [1.29, 1.82) is 0 Å². The minimum atomic E-state index is -0.404. The van der Waals surface area contributed by atoms with E-state index in [9.17, 15) is 4.79 Å². The lowest BCUT2D eigenvalue weighted by atomic mass is 10.1. The van der Waals surface area contributed by atoms with Crippen LogP contribution < -0.4 is 0 Å². The SMILES string of the molecule is Cc1nc2ncnn2c(C)c1CC(=O)OCc1ncc(-c2ccc(Cl)cc2)o1. The summed E-state index contributed by atoms with van der Waals surface area (Å²) >= 11 is 5.89. The summed E-state index contributed by atoms with van der Waals surface area (Å²) in [6.45, 7) is 3.64. The van der Waals surface area contributed by atoms with Gasteiger partial charge in [-0.25, -0.2) is 14.5 Å². The van der Waals surface area contributed by atoms with Crippen molar-refractivity contribution in [3.05, 3.63) is 64.7 Å². The first-order valence-electron chi connectivity index (χ1n) is 8.53. The molecule has 0 amide bonds. The van der Waals surface area contributed by atoms with E-state index in [2.05, 4.69) is 20.1 Å². The van der Waals surface area contributed by atoms with E-state index >= 15 is 0 Å². The van der Waals surface area contributed by atoms with Crippen molar-refractivity contribution >= 4 is 23.3 Å². The summed E-state index contributed by atoms with van der Waals surface area (Å²) in [4.78, 5) is 24.9. The fourth-order valence-corrected chi connectivity index (χ4v) is 3.00. The molecule has 4 aromatic rings. The molecule has 0 spiro atoms. The first kappa shape index (κ1) is 18.1. The van der Waals surface area contributed by atoms with Gasteiger partial charge in [0.15, 0.2) is 12.4 Å². The van der Waals surface area contributed by atoms with Crippen LogP contribution in [0, 0.1) is 13.8 Å². The molecule has 0 radical (unpaired) electrons. The highest BCUT2D eigenvalue weighted by Gasteiger charge is 2.16. The number of nitrogens with zero attached hydrogens (tertiary/aromatic N) is 5. The zero-order valence-corrected chi connectivity index (χ0v) is 16.0. The highest BCUT2D eigenvalue weighted by molar-refractivity contribution is 6.30. The molecular weight excluding hydrogens is 382 g/mol. The van der Waals surface area contributed by atoms with E-state index in [1.165, 1.54) is 6.33 Å². The second-order valence-electron chi connectivity index (χ2n) is 6.20. The van der Waals surface area contributed by atoms with E-state index in [1.807, 2.05) is 26.0 Å². The van der Waals surface area contributed by atoms with Crippen LogP contribution >= 0.6 is 11.6 Å². The number of carbonyl (C=O) groups is 1. The number of halogens is 1. The number of oxazole rings is 1. The Morgan fingerprint density at radius 1 is 1.21 bits per heavy atom. The van der Waals surface area contributed by atoms with Gasteiger partial charge in [-0.1, -0.05) is 11.6 Å². The average molecular weight is 398 g/mol. The number of carbonyl (C=O) groups excluding carboxylic acids is 1. The lowest BCUT2D eigenvalue weighted by molar-refractivity contribution is -0.144. The summed E-state index contributed by atoms with van der Waals surface area (Å²) in [5.74, 6) is 0.993. The molecule has 3 aromatic heterocycles. The molecular formula is C19H16ClN5O3. The van der Waals surface area contributed by atoms with E-state index in [0.29, 0.717) is 22.5 Å². The van der Waals surface area contributed by atoms with Gasteiger partial charge in [-0.15, -0.1) is 0 Å². The highest BCUT2D eigenvalue weighted by atomic mass is 35.5. The Bertz CT molecular complexity index is 1150. The number of esters is 1. The van der Waals surface area contributed by atoms with Crippen molar-refractivity contribution in [1.82, 2.24) is 24.6 Å². The molecule has 9 heteroatoms. The van der Waals surface area contributed by atoms with Crippen molar-refractivity contribution in [2.45, 2.75) is 26.9 Å². The van der Waals surface area contributed by atoms with Crippen LogP contribution in [0.4, 0.5) is 0 Å². The van der Waals surface area contributed by atoms with Gasteiger partial charge in [0.1, 0.15) is 6.33 Å². The number of fused-ring (bicyclic) bond motifs is 1. The fourth-order valence-electron chi connectivity index (χ4n) is 2.87. The van der Waals surface area contributed by atoms with Crippen molar-refractivity contribution in [3.8, 4) is 11.3 Å². The van der Waals surface area contributed by atoms with Gasteiger partial charge in [0.25, 0.3) is 5.78 Å². The van der Waals surface area contributed by atoms with Gasteiger partial charge in [-0.3, -0.25) is 4.79 Å². The molecule has 0 aliphatic rings. The summed E-state index contributed by atoms with van der Waals surface area (Å²) < 4.78 is 12.6. The highest BCUT2D eigenvalue weighted by Crippen LogP contribution is 2.22. The van der Waals surface area contributed by atoms with Gasteiger partial charge in [0.05, 0.1) is 12.6 Å². The quantitative estimate of drug-likeness (QED) is 0.476. The van der Waals surface area contributed by atoms with Gasteiger partial charge in [-0.05, 0) is 38.1 Å². The van der Waals surface area contributed by atoms with E-state index in [0.717, 1.165) is 22.5 Å². The summed E-state index contributed by atoms with van der Waals surface area (Å²) in [5, 5.41) is 4.76. The van der Waals surface area contributed by atoms with Gasteiger partial charge in [0, 0.05) is 27.5 Å². The molecule has 0 saturated heterocycles. The molecule has 3 heterocycles. The smallest absolute Gasteiger partial charge is 0.310 e. The van der Waals surface area contributed by atoms with Crippen LogP contribution in [-0.4, -0.2) is 30.5 Å². The van der Waals surface area contributed by atoms with E-state index in [4.69, 9.17) is 20.8 Å². The molecule has 0 aliphatic heterocycles. The lowest BCUT2D eigenvalue weighted by Crippen LogP contribution is -2.13. The first-order valence-corrected chi connectivity index (χ1v) is 8.91. The number of hydrogen-bond donors (Lipinski definition) is 0. The zero-order valence-electron chi connectivity index (χ0n) is 15.2. The van der Waals surface area contributed by atoms with Gasteiger partial charge >= 0.3 is 5.97 Å². The standard InChI is InChI=1S/C19H16ClN5O3/c1-11-15(12(2)25-19(24-11)22-10-23-25)7-18(26)27-9-17-21-8-16(28-17)13-3-5-14(20)6-4-13/h3-6,8,10H,7,9H2,1-2H3. The Morgan fingerprint density at radius 2 is 2.00 bits per heavy atom. The Labute approximate surface area is 165 Å². The topological polar surface area (TPSA) is 95.4 Å². The number of hydrogen-bond acceptors (Lipinski definition) is 7. The first-order chi connectivity index (χ1) is 13.5. The molecule has 142 valence electrons. The molecule has 0 saturated carbocycles. The lowest BCUT2D eigenvalue weighted by Gasteiger charge is -2.09.